The summed E-state index contributed by atoms with van der Waals surface area (Å²) in [7, 11) is 0. The molecular weight excluding hydrogens is 252 g/mol. The zero-order chi connectivity index (χ0) is 14.4. The van der Waals surface area contributed by atoms with E-state index in [0.717, 1.165) is 39.2 Å². The molecule has 3 rings (SSSR count). The number of hydrogen-bond acceptors (Lipinski definition) is 3. The predicted octanol–water partition coefficient (Wildman–Crippen LogP) is 4.34. The number of benzene rings is 1. The third kappa shape index (κ3) is 1.86. The van der Waals surface area contributed by atoms with Gasteiger partial charge in [-0.2, -0.15) is 0 Å². The summed E-state index contributed by atoms with van der Waals surface area (Å²) in [5.41, 5.74) is 3.68. The van der Waals surface area contributed by atoms with Crippen LogP contribution >= 0.6 is 0 Å². The molecule has 0 fully saturated rings. The first-order valence-electron chi connectivity index (χ1n) is 6.72. The highest BCUT2D eigenvalue weighted by Crippen LogP contribution is 2.34. The Morgan fingerprint density at radius 1 is 1.00 bits per heavy atom. The van der Waals surface area contributed by atoms with Crippen molar-refractivity contribution >= 4 is 11.0 Å². The quantitative estimate of drug-likeness (QED) is 0.753. The van der Waals surface area contributed by atoms with Crippen molar-refractivity contribution in [1.29, 1.82) is 0 Å². The molecule has 1 unspecified atom stereocenters. The molecule has 20 heavy (non-hydrogen) atoms. The number of furan rings is 2. The minimum atomic E-state index is -0.792. The maximum Gasteiger partial charge on any atom is 0.140 e. The third-order valence-electron chi connectivity index (χ3n) is 3.92. The zero-order valence-electron chi connectivity index (χ0n) is 12.2. The summed E-state index contributed by atoms with van der Waals surface area (Å²) in [6.07, 6.45) is -0.792. The highest BCUT2D eigenvalue weighted by molar-refractivity contribution is 5.81. The molecule has 104 valence electrons. The van der Waals surface area contributed by atoms with Gasteiger partial charge in [0.25, 0.3) is 0 Å². The van der Waals surface area contributed by atoms with E-state index in [1.54, 1.807) is 0 Å². The number of rotatable bonds is 2. The molecule has 1 aromatic carbocycles. The molecule has 0 aliphatic heterocycles. The maximum atomic E-state index is 10.6. The van der Waals surface area contributed by atoms with Crippen LogP contribution in [-0.4, -0.2) is 5.11 Å². The summed E-state index contributed by atoms with van der Waals surface area (Å²) >= 11 is 0. The second-order valence-electron chi connectivity index (χ2n) is 5.30. The van der Waals surface area contributed by atoms with Crippen molar-refractivity contribution in [1.82, 2.24) is 0 Å². The van der Waals surface area contributed by atoms with Crippen molar-refractivity contribution in [2.45, 2.75) is 33.8 Å². The van der Waals surface area contributed by atoms with E-state index < -0.39 is 6.10 Å². The van der Waals surface area contributed by atoms with Crippen molar-refractivity contribution in [2.24, 2.45) is 0 Å². The lowest BCUT2D eigenvalue weighted by atomic mass is 10.0. The Balaban J connectivity index is 2.13. The summed E-state index contributed by atoms with van der Waals surface area (Å²) in [5, 5.41) is 11.6. The second-order valence-corrected chi connectivity index (χ2v) is 5.30. The predicted molar refractivity (Wildman–Crippen MR) is 77.9 cm³/mol. The summed E-state index contributed by atoms with van der Waals surface area (Å²) < 4.78 is 11.4. The van der Waals surface area contributed by atoms with Crippen molar-refractivity contribution in [3.05, 3.63) is 58.2 Å². The molecule has 0 aliphatic carbocycles. The van der Waals surface area contributed by atoms with Gasteiger partial charge in [0.2, 0.25) is 0 Å². The molecule has 3 heteroatoms. The van der Waals surface area contributed by atoms with Crippen LogP contribution in [0.25, 0.3) is 11.0 Å². The van der Waals surface area contributed by atoms with Gasteiger partial charge < -0.3 is 13.9 Å². The van der Waals surface area contributed by atoms with Crippen LogP contribution < -0.4 is 0 Å². The van der Waals surface area contributed by atoms with Crippen LogP contribution in [-0.2, 0) is 0 Å². The van der Waals surface area contributed by atoms with Gasteiger partial charge in [0.1, 0.15) is 29.0 Å². The Bertz CT molecular complexity index is 777. The maximum absolute atomic E-state index is 10.6. The van der Waals surface area contributed by atoms with Crippen molar-refractivity contribution in [3.8, 4) is 0 Å². The monoisotopic (exact) mass is 270 g/mol. The first-order chi connectivity index (χ1) is 9.49. The normalized spacial score (nSPS) is 13.1. The van der Waals surface area contributed by atoms with Crippen LogP contribution in [0, 0.1) is 27.7 Å². The minimum Gasteiger partial charge on any atom is -0.466 e. The third-order valence-corrected chi connectivity index (χ3v) is 3.92. The zero-order valence-corrected chi connectivity index (χ0v) is 12.2. The molecule has 0 spiro atoms. The fourth-order valence-electron chi connectivity index (χ4n) is 2.72. The fourth-order valence-corrected chi connectivity index (χ4v) is 2.72. The first kappa shape index (κ1) is 13.0. The summed E-state index contributed by atoms with van der Waals surface area (Å²) in [4.78, 5) is 0. The largest absolute Gasteiger partial charge is 0.466 e. The van der Waals surface area contributed by atoms with Gasteiger partial charge in [-0.1, -0.05) is 18.2 Å². The van der Waals surface area contributed by atoms with Crippen molar-refractivity contribution in [2.75, 3.05) is 0 Å². The van der Waals surface area contributed by atoms with Crippen LogP contribution in [0.4, 0.5) is 0 Å². The summed E-state index contributed by atoms with van der Waals surface area (Å²) in [6, 6.07) is 7.87. The number of aryl methyl sites for hydroxylation is 3. The lowest BCUT2D eigenvalue weighted by Gasteiger charge is -2.07. The molecule has 0 amide bonds. The van der Waals surface area contributed by atoms with Gasteiger partial charge in [-0.05, 0) is 44.9 Å². The second kappa shape index (κ2) is 4.53. The molecule has 2 heterocycles. The van der Waals surface area contributed by atoms with Gasteiger partial charge in [0.15, 0.2) is 0 Å². The van der Waals surface area contributed by atoms with Crippen molar-refractivity contribution in [3.63, 3.8) is 0 Å². The molecule has 0 bridgehead atoms. The molecule has 1 atom stereocenters. The van der Waals surface area contributed by atoms with Gasteiger partial charge in [-0.15, -0.1) is 0 Å². The lowest BCUT2D eigenvalue weighted by Crippen LogP contribution is -2.00. The van der Waals surface area contributed by atoms with Gasteiger partial charge in [0.05, 0.1) is 0 Å². The Morgan fingerprint density at radius 2 is 1.75 bits per heavy atom. The molecule has 2 aromatic heterocycles. The summed E-state index contributed by atoms with van der Waals surface area (Å²) in [5.74, 6) is 2.13. The van der Waals surface area contributed by atoms with Crippen molar-refractivity contribution < 1.29 is 13.9 Å². The Morgan fingerprint density at radius 3 is 2.35 bits per heavy atom. The molecule has 3 aromatic rings. The van der Waals surface area contributed by atoms with E-state index in [1.165, 1.54) is 0 Å². The lowest BCUT2D eigenvalue weighted by molar-refractivity contribution is 0.189. The molecule has 0 aliphatic rings. The van der Waals surface area contributed by atoms with E-state index in [2.05, 4.69) is 0 Å². The average Bonchev–Trinajstić information content (AvgIpc) is 2.93. The fraction of sp³-hybridized carbons (Fsp3) is 0.294. The Labute approximate surface area is 117 Å². The van der Waals surface area contributed by atoms with E-state index >= 15 is 0 Å². The van der Waals surface area contributed by atoms with Crippen LogP contribution in [0.1, 0.15) is 40.1 Å². The number of hydrogen-bond donors (Lipinski definition) is 1. The Hall–Kier alpha value is -2.00. The molecule has 0 saturated heterocycles. The van der Waals surface area contributed by atoms with Crippen LogP contribution in [0.15, 0.2) is 33.1 Å². The van der Waals surface area contributed by atoms with E-state index in [-0.39, 0.29) is 0 Å². The Kier molecular flexibility index (Phi) is 2.94. The van der Waals surface area contributed by atoms with Gasteiger partial charge in [0, 0.05) is 10.9 Å². The highest BCUT2D eigenvalue weighted by atomic mass is 16.4. The number of aliphatic hydroxyl groups is 1. The molecule has 1 N–H and O–H groups in total. The molecule has 0 radical (unpaired) electrons. The molecular formula is C17H18O3. The summed E-state index contributed by atoms with van der Waals surface area (Å²) in [6.45, 7) is 7.73. The first-order valence-corrected chi connectivity index (χ1v) is 6.72. The van der Waals surface area contributed by atoms with E-state index in [1.807, 2.05) is 52.0 Å². The van der Waals surface area contributed by atoms with E-state index in [4.69, 9.17) is 8.83 Å². The minimum absolute atomic E-state index is 0.557. The number of para-hydroxylation sites is 1. The SMILES string of the molecule is Cc1oc(C)c(C(O)c2cc3cccc(C)c3o2)c1C. The van der Waals surface area contributed by atoms with E-state index in [9.17, 15) is 5.11 Å². The smallest absolute Gasteiger partial charge is 0.140 e. The number of aliphatic hydroxyl groups excluding tert-OH is 1. The van der Waals surface area contributed by atoms with Crippen LogP contribution in [0.5, 0.6) is 0 Å². The molecule has 3 nitrogen and oxygen atoms in total. The number of fused-ring (bicyclic) bond motifs is 1. The van der Waals surface area contributed by atoms with Crippen LogP contribution in [0.3, 0.4) is 0 Å². The average molecular weight is 270 g/mol. The van der Waals surface area contributed by atoms with Gasteiger partial charge in [-0.3, -0.25) is 0 Å². The van der Waals surface area contributed by atoms with E-state index in [0.29, 0.717) is 5.76 Å². The molecule has 0 saturated carbocycles. The van der Waals surface area contributed by atoms with Gasteiger partial charge >= 0.3 is 0 Å². The van der Waals surface area contributed by atoms with Gasteiger partial charge in [-0.25, -0.2) is 0 Å². The standard InChI is InChI=1S/C17H18O3/c1-9-6-5-7-13-8-14(20-17(9)13)16(18)15-10(2)11(3)19-12(15)4/h5-8,16,18H,1-4H3. The van der Waals surface area contributed by atoms with Crippen LogP contribution in [0.2, 0.25) is 0 Å². The highest BCUT2D eigenvalue weighted by Gasteiger charge is 2.23. The topological polar surface area (TPSA) is 46.5 Å².